The minimum Gasteiger partial charge on any atom is -0.380 e. The highest BCUT2D eigenvalue weighted by Crippen LogP contribution is 2.37. The second-order valence-electron chi connectivity index (χ2n) is 5.14. The van der Waals surface area contributed by atoms with Crippen LogP contribution in [0.5, 0.6) is 0 Å². The fourth-order valence-corrected chi connectivity index (χ4v) is 3.55. The number of nitrogens with zero attached hydrogens (tertiary/aromatic N) is 3. The molecule has 0 aliphatic carbocycles. The van der Waals surface area contributed by atoms with Gasteiger partial charge in [-0.2, -0.15) is 5.10 Å². The van der Waals surface area contributed by atoms with Crippen LogP contribution in [0.3, 0.4) is 0 Å². The molecule has 0 saturated carbocycles. The Morgan fingerprint density at radius 3 is 2.57 bits per heavy atom. The maximum Gasteiger partial charge on any atom is 0.139 e. The fourth-order valence-electron chi connectivity index (χ4n) is 2.38. The van der Waals surface area contributed by atoms with E-state index in [4.69, 9.17) is 11.6 Å². The van der Waals surface area contributed by atoms with Crippen LogP contribution in [0.15, 0.2) is 58.5 Å². The van der Waals surface area contributed by atoms with E-state index in [9.17, 15) is 5.11 Å². The molecule has 3 rings (SSSR count). The van der Waals surface area contributed by atoms with E-state index in [1.54, 1.807) is 22.6 Å². The monoisotopic (exact) mass is 345 g/mol. The summed E-state index contributed by atoms with van der Waals surface area (Å²) in [6.07, 6.45) is 0.852. The summed E-state index contributed by atoms with van der Waals surface area (Å²) < 4.78 is 1.72. The van der Waals surface area contributed by atoms with Gasteiger partial charge in [0.15, 0.2) is 0 Å². The van der Waals surface area contributed by atoms with Crippen LogP contribution in [0.1, 0.15) is 23.2 Å². The zero-order chi connectivity index (χ0) is 16.4. The lowest BCUT2D eigenvalue weighted by molar-refractivity contribution is 0.202. The summed E-state index contributed by atoms with van der Waals surface area (Å²) in [5, 5.41) is 15.9. The van der Waals surface area contributed by atoms with Crippen molar-refractivity contribution >= 4 is 23.4 Å². The normalized spacial score (nSPS) is 12.3. The predicted molar refractivity (Wildman–Crippen MR) is 91.8 cm³/mol. The van der Waals surface area contributed by atoms with Gasteiger partial charge in [-0.3, -0.25) is 9.67 Å². The van der Waals surface area contributed by atoms with Gasteiger partial charge in [0.1, 0.15) is 6.10 Å². The molecule has 3 aromatic rings. The molecule has 0 bridgehead atoms. The van der Waals surface area contributed by atoms with Gasteiger partial charge in [-0.15, -0.1) is 0 Å². The second-order valence-corrected chi connectivity index (χ2v) is 6.66. The number of rotatable bonds is 4. The minimum absolute atomic E-state index is 0.605. The Morgan fingerprint density at radius 2 is 1.91 bits per heavy atom. The lowest BCUT2D eigenvalue weighted by atomic mass is 10.1. The Kier molecular flexibility index (Phi) is 4.71. The molecule has 0 saturated heterocycles. The maximum atomic E-state index is 10.7. The van der Waals surface area contributed by atoms with Crippen molar-refractivity contribution in [1.82, 2.24) is 14.8 Å². The number of hydrogen-bond acceptors (Lipinski definition) is 4. The maximum absolute atomic E-state index is 10.7. The third kappa shape index (κ3) is 3.42. The molecule has 0 aliphatic heterocycles. The van der Waals surface area contributed by atoms with E-state index in [0.717, 1.165) is 21.2 Å². The molecule has 2 heterocycles. The zero-order valence-corrected chi connectivity index (χ0v) is 14.3. The van der Waals surface area contributed by atoms with Crippen molar-refractivity contribution in [3.05, 3.63) is 70.8 Å². The Labute approximate surface area is 144 Å². The molecule has 23 heavy (non-hydrogen) atoms. The standard InChI is InChI=1S/C17H16ClN3OS/c1-11-17(23-13-8-6-12(18)7-9-13)15(21(2)20-11)16(22)14-5-3-4-10-19-14/h3-10,16,22H,1-2H3. The number of aryl methyl sites for hydroxylation is 2. The van der Waals surface area contributed by atoms with Crippen LogP contribution >= 0.6 is 23.4 Å². The Morgan fingerprint density at radius 1 is 1.17 bits per heavy atom. The molecule has 1 unspecified atom stereocenters. The van der Waals surface area contributed by atoms with Gasteiger partial charge in [0.25, 0.3) is 0 Å². The molecule has 1 aromatic carbocycles. The number of hydrogen-bond donors (Lipinski definition) is 1. The first-order valence-electron chi connectivity index (χ1n) is 7.12. The molecule has 0 fully saturated rings. The van der Waals surface area contributed by atoms with E-state index < -0.39 is 6.10 Å². The van der Waals surface area contributed by atoms with E-state index in [1.165, 1.54) is 0 Å². The summed E-state index contributed by atoms with van der Waals surface area (Å²) >= 11 is 7.50. The highest BCUT2D eigenvalue weighted by atomic mass is 35.5. The summed E-state index contributed by atoms with van der Waals surface area (Å²) in [6.45, 7) is 1.94. The summed E-state index contributed by atoms with van der Waals surface area (Å²) in [4.78, 5) is 6.23. The predicted octanol–water partition coefficient (Wildman–Crippen LogP) is 4.01. The van der Waals surface area contributed by atoms with Crippen LogP contribution in [0, 0.1) is 6.92 Å². The highest BCUT2D eigenvalue weighted by Gasteiger charge is 2.23. The molecule has 2 aromatic heterocycles. The van der Waals surface area contributed by atoms with E-state index >= 15 is 0 Å². The van der Waals surface area contributed by atoms with Crippen molar-refractivity contribution in [3.8, 4) is 0 Å². The van der Waals surface area contributed by atoms with Gasteiger partial charge in [-0.25, -0.2) is 0 Å². The summed E-state index contributed by atoms with van der Waals surface area (Å²) in [5.74, 6) is 0. The largest absolute Gasteiger partial charge is 0.380 e. The minimum atomic E-state index is -0.822. The number of benzene rings is 1. The van der Waals surface area contributed by atoms with Crippen LogP contribution in [0.2, 0.25) is 5.02 Å². The molecule has 1 atom stereocenters. The van der Waals surface area contributed by atoms with Gasteiger partial charge in [0.2, 0.25) is 0 Å². The van der Waals surface area contributed by atoms with Crippen molar-refractivity contribution in [2.24, 2.45) is 7.05 Å². The Hall–Kier alpha value is -1.82. The second kappa shape index (κ2) is 6.74. The first-order chi connectivity index (χ1) is 11.1. The number of aliphatic hydroxyl groups is 1. The van der Waals surface area contributed by atoms with Gasteiger partial charge >= 0.3 is 0 Å². The van der Waals surface area contributed by atoms with Crippen molar-refractivity contribution in [2.75, 3.05) is 0 Å². The van der Waals surface area contributed by atoms with Crippen molar-refractivity contribution in [3.63, 3.8) is 0 Å². The molecule has 4 nitrogen and oxygen atoms in total. The molecule has 0 radical (unpaired) electrons. The molecular formula is C17H16ClN3OS. The topological polar surface area (TPSA) is 50.9 Å². The van der Waals surface area contributed by atoms with Gasteiger partial charge in [-0.1, -0.05) is 29.4 Å². The van der Waals surface area contributed by atoms with Crippen molar-refractivity contribution in [1.29, 1.82) is 0 Å². The van der Waals surface area contributed by atoms with E-state index in [-0.39, 0.29) is 0 Å². The number of aromatic nitrogens is 3. The van der Waals surface area contributed by atoms with Gasteiger partial charge in [-0.05, 0) is 43.3 Å². The number of aliphatic hydroxyl groups excluding tert-OH is 1. The quantitative estimate of drug-likeness (QED) is 0.776. The smallest absolute Gasteiger partial charge is 0.139 e. The third-order valence-electron chi connectivity index (χ3n) is 3.47. The first kappa shape index (κ1) is 16.1. The average Bonchev–Trinajstić information content (AvgIpc) is 2.83. The fraction of sp³-hybridized carbons (Fsp3) is 0.176. The molecule has 0 aliphatic rings. The highest BCUT2D eigenvalue weighted by molar-refractivity contribution is 7.99. The number of halogens is 1. The van der Waals surface area contributed by atoms with Crippen LogP contribution in [-0.2, 0) is 7.05 Å². The molecule has 0 spiro atoms. The molecule has 118 valence electrons. The number of pyridine rings is 1. The molecular weight excluding hydrogens is 330 g/mol. The lowest BCUT2D eigenvalue weighted by Crippen LogP contribution is -2.09. The van der Waals surface area contributed by atoms with Gasteiger partial charge < -0.3 is 5.11 Å². The molecule has 0 amide bonds. The van der Waals surface area contributed by atoms with Crippen LogP contribution in [0.4, 0.5) is 0 Å². The Bertz CT molecular complexity index is 803. The lowest BCUT2D eigenvalue weighted by Gasteiger charge is -2.13. The SMILES string of the molecule is Cc1nn(C)c(C(O)c2ccccn2)c1Sc1ccc(Cl)cc1. The summed E-state index contributed by atoms with van der Waals surface area (Å²) in [7, 11) is 1.83. The third-order valence-corrected chi connectivity index (χ3v) is 4.94. The summed E-state index contributed by atoms with van der Waals surface area (Å²) in [6, 6.07) is 13.1. The van der Waals surface area contributed by atoms with Gasteiger partial charge in [0.05, 0.1) is 22.0 Å². The first-order valence-corrected chi connectivity index (χ1v) is 8.31. The summed E-state index contributed by atoms with van der Waals surface area (Å²) in [5.41, 5.74) is 2.21. The van der Waals surface area contributed by atoms with Crippen LogP contribution in [-0.4, -0.2) is 19.9 Å². The molecule has 6 heteroatoms. The zero-order valence-electron chi connectivity index (χ0n) is 12.8. The van der Waals surface area contributed by atoms with Crippen LogP contribution in [0.25, 0.3) is 0 Å². The van der Waals surface area contributed by atoms with Crippen molar-refractivity contribution < 1.29 is 5.11 Å². The Balaban J connectivity index is 1.99. The molecule has 1 N–H and O–H groups in total. The van der Waals surface area contributed by atoms with E-state index in [1.807, 2.05) is 56.4 Å². The van der Waals surface area contributed by atoms with Crippen molar-refractivity contribution in [2.45, 2.75) is 22.8 Å². The van der Waals surface area contributed by atoms with Crippen LogP contribution < -0.4 is 0 Å². The van der Waals surface area contributed by atoms with Gasteiger partial charge in [0, 0.05) is 23.2 Å². The van der Waals surface area contributed by atoms with E-state index in [0.29, 0.717) is 10.7 Å². The van der Waals surface area contributed by atoms with E-state index in [2.05, 4.69) is 10.1 Å². The average molecular weight is 346 g/mol.